The molecule has 0 saturated carbocycles. The van der Waals surface area contributed by atoms with Crippen LogP contribution in [0.1, 0.15) is 16.8 Å². The lowest BCUT2D eigenvalue weighted by molar-refractivity contribution is 0.0950. The van der Waals surface area contributed by atoms with E-state index < -0.39 is 10.0 Å². The quantitative estimate of drug-likeness (QED) is 0.483. The molecule has 0 radical (unpaired) electrons. The second-order valence-corrected chi connectivity index (χ2v) is 6.07. The van der Waals surface area contributed by atoms with Crippen LogP contribution in [-0.2, 0) is 10.0 Å². The van der Waals surface area contributed by atoms with Gasteiger partial charge in [0.2, 0.25) is 10.0 Å². The highest BCUT2D eigenvalue weighted by molar-refractivity contribution is 7.88. The summed E-state index contributed by atoms with van der Waals surface area (Å²) in [4.78, 5) is 11.9. The first-order valence-electron chi connectivity index (χ1n) is 6.00. The molecular weight excluding hydrogens is 282 g/mol. The van der Waals surface area contributed by atoms with Crippen molar-refractivity contribution in [2.75, 3.05) is 32.2 Å². The number of anilines is 1. The van der Waals surface area contributed by atoms with Crippen LogP contribution in [0.4, 0.5) is 5.69 Å². The number of hydrogen-bond donors (Lipinski definition) is 3. The highest BCUT2D eigenvalue weighted by Crippen LogP contribution is 2.21. The van der Waals surface area contributed by atoms with Gasteiger partial charge in [0.25, 0.3) is 5.91 Å². The Bertz CT molecular complexity index is 572. The predicted molar refractivity (Wildman–Crippen MR) is 77.2 cm³/mol. The summed E-state index contributed by atoms with van der Waals surface area (Å²) in [6.45, 7) is 0.632. The largest absolute Gasteiger partial charge is 0.496 e. The van der Waals surface area contributed by atoms with E-state index in [-0.39, 0.29) is 12.5 Å². The van der Waals surface area contributed by atoms with Crippen LogP contribution in [-0.4, -0.2) is 40.8 Å². The van der Waals surface area contributed by atoms with Gasteiger partial charge in [-0.05, 0) is 18.6 Å². The Kier molecular flexibility index (Phi) is 5.78. The van der Waals surface area contributed by atoms with Crippen LogP contribution >= 0.6 is 0 Å². The number of rotatable bonds is 7. The molecule has 20 heavy (non-hydrogen) atoms. The van der Waals surface area contributed by atoms with Gasteiger partial charge in [0.15, 0.2) is 0 Å². The third-order valence-corrected chi connectivity index (χ3v) is 3.20. The summed E-state index contributed by atoms with van der Waals surface area (Å²) in [5, 5.41) is 2.68. The minimum atomic E-state index is -3.19. The smallest absolute Gasteiger partial charge is 0.255 e. The number of nitrogens with one attached hydrogen (secondary N) is 2. The van der Waals surface area contributed by atoms with Crippen LogP contribution in [0.2, 0.25) is 0 Å². The molecule has 0 fully saturated rings. The highest BCUT2D eigenvalue weighted by atomic mass is 32.2. The van der Waals surface area contributed by atoms with E-state index in [0.29, 0.717) is 30.0 Å². The van der Waals surface area contributed by atoms with Crippen molar-refractivity contribution in [3.63, 3.8) is 0 Å². The number of nitrogen functional groups attached to an aromatic ring is 1. The van der Waals surface area contributed by atoms with E-state index in [4.69, 9.17) is 10.5 Å². The lowest BCUT2D eigenvalue weighted by Gasteiger charge is -2.10. The lowest BCUT2D eigenvalue weighted by atomic mass is 10.1. The summed E-state index contributed by atoms with van der Waals surface area (Å²) in [6.07, 6.45) is 1.58. The van der Waals surface area contributed by atoms with Crippen molar-refractivity contribution >= 4 is 21.6 Å². The molecule has 8 heteroatoms. The SMILES string of the molecule is COc1cc(N)ccc1C(=O)NCCCNS(C)(=O)=O. The minimum absolute atomic E-state index is 0.276. The molecule has 0 aliphatic heterocycles. The summed E-state index contributed by atoms with van der Waals surface area (Å²) < 4.78 is 29.1. The number of hydrogen-bond acceptors (Lipinski definition) is 5. The molecule has 112 valence electrons. The first-order valence-corrected chi connectivity index (χ1v) is 7.89. The molecule has 1 aromatic rings. The zero-order chi connectivity index (χ0) is 15.2. The monoisotopic (exact) mass is 301 g/mol. The first kappa shape index (κ1) is 16.3. The number of nitrogens with two attached hydrogens (primary N) is 1. The van der Waals surface area contributed by atoms with Crippen molar-refractivity contribution in [2.24, 2.45) is 0 Å². The molecule has 1 aromatic carbocycles. The van der Waals surface area contributed by atoms with Crippen LogP contribution < -0.4 is 20.5 Å². The number of sulfonamides is 1. The fourth-order valence-electron chi connectivity index (χ4n) is 1.54. The van der Waals surface area contributed by atoms with Crippen LogP contribution in [0.3, 0.4) is 0 Å². The second-order valence-electron chi connectivity index (χ2n) is 4.24. The third-order valence-electron chi connectivity index (χ3n) is 2.47. The van der Waals surface area contributed by atoms with E-state index in [9.17, 15) is 13.2 Å². The van der Waals surface area contributed by atoms with Gasteiger partial charge in [-0.2, -0.15) is 0 Å². The average Bonchev–Trinajstić information content (AvgIpc) is 2.36. The number of methoxy groups -OCH3 is 1. The molecule has 0 bridgehead atoms. The van der Waals surface area contributed by atoms with Crippen molar-refractivity contribution in [3.8, 4) is 5.75 Å². The van der Waals surface area contributed by atoms with Gasteiger partial charge in [-0.3, -0.25) is 4.79 Å². The van der Waals surface area contributed by atoms with Gasteiger partial charge in [0.1, 0.15) is 5.75 Å². The minimum Gasteiger partial charge on any atom is -0.496 e. The second kappa shape index (κ2) is 7.11. The normalized spacial score (nSPS) is 11.1. The van der Waals surface area contributed by atoms with Crippen molar-refractivity contribution in [1.82, 2.24) is 10.0 Å². The topological polar surface area (TPSA) is 111 Å². The fraction of sp³-hybridized carbons (Fsp3) is 0.417. The lowest BCUT2D eigenvalue weighted by Crippen LogP contribution is -2.29. The molecule has 1 amide bonds. The molecular formula is C12H19N3O4S. The zero-order valence-electron chi connectivity index (χ0n) is 11.5. The average molecular weight is 301 g/mol. The Labute approximate surface area is 118 Å². The van der Waals surface area contributed by atoms with Gasteiger partial charge in [0, 0.05) is 24.8 Å². The highest BCUT2D eigenvalue weighted by Gasteiger charge is 2.11. The molecule has 0 saturated heterocycles. The van der Waals surface area contributed by atoms with E-state index in [0.717, 1.165) is 6.26 Å². The van der Waals surface area contributed by atoms with E-state index >= 15 is 0 Å². The van der Waals surface area contributed by atoms with Gasteiger partial charge in [-0.1, -0.05) is 0 Å². The van der Waals surface area contributed by atoms with Crippen molar-refractivity contribution in [2.45, 2.75) is 6.42 Å². The first-order chi connectivity index (χ1) is 9.33. The van der Waals surface area contributed by atoms with Crippen molar-refractivity contribution in [1.29, 1.82) is 0 Å². The van der Waals surface area contributed by atoms with Crippen LogP contribution in [0.15, 0.2) is 18.2 Å². The Morgan fingerprint density at radius 2 is 2.05 bits per heavy atom. The molecule has 0 unspecified atom stereocenters. The van der Waals surface area contributed by atoms with Gasteiger partial charge in [0.05, 0.1) is 18.9 Å². The molecule has 1 rings (SSSR count). The summed E-state index contributed by atoms with van der Waals surface area (Å²) in [7, 11) is -1.73. The maximum absolute atomic E-state index is 11.9. The maximum atomic E-state index is 11.9. The Morgan fingerprint density at radius 3 is 2.65 bits per heavy atom. The molecule has 4 N–H and O–H groups in total. The molecule has 0 heterocycles. The van der Waals surface area contributed by atoms with Gasteiger partial charge in [-0.25, -0.2) is 13.1 Å². The van der Waals surface area contributed by atoms with Crippen molar-refractivity contribution in [3.05, 3.63) is 23.8 Å². The number of amides is 1. The van der Waals surface area contributed by atoms with E-state index in [1.54, 1.807) is 18.2 Å². The zero-order valence-corrected chi connectivity index (χ0v) is 12.3. The van der Waals surface area contributed by atoms with Crippen LogP contribution in [0, 0.1) is 0 Å². The third kappa shape index (κ3) is 5.45. The molecule has 0 aliphatic carbocycles. The summed E-state index contributed by atoms with van der Waals surface area (Å²) in [5.74, 6) is 0.109. The number of carbonyl (C=O) groups is 1. The number of ether oxygens (including phenoxy) is 1. The Hall–Kier alpha value is -1.80. The standard InChI is InChI=1S/C12H19N3O4S/c1-19-11-8-9(13)4-5-10(11)12(16)14-6-3-7-15-20(2,17)18/h4-5,8,15H,3,6-7,13H2,1-2H3,(H,14,16). The van der Waals surface area contributed by atoms with E-state index in [2.05, 4.69) is 10.0 Å². The van der Waals surface area contributed by atoms with Gasteiger partial charge < -0.3 is 15.8 Å². The van der Waals surface area contributed by atoms with Gasteiger partial charge in [-0.15, -0.1) is 0 Å². The van der Waals surface area contributed by atoms with E-state index in [1.165, 1.54) is 7.11 Å². The fourth-order valence-corrected chi connectivity index (χ4v) is 2.05. The Balaban J connectivity index is 2.47. The van der Waals surface area contributed by atoms with E-state index in [1.807, 2.05) is 0 Å². The number of carbonyl (C=O) groups excluding carboxylic acids is 1. The van der Waals surface area contributed by atoms with Crippen LogP contribution in [0.5, 0.6) is 5.75 Å². The van der Waals surface area contributed by atoms with Gasteiger partial charge >= 0.3 is 0 Å². The summed E-state index contributed by atoms with van der Waals surface area (Å²) in [6, 6.07) is 4.76. The molecule has 0 atom stereocenters. The maximum Gasteiger partial charge on any atom is 0.255 e. The number of benzene rings is 1. The molecule has 0 aliphatic rings. The summed E-state index contributed by atoms with van der Waals surface area (Å²) >= 11 is 0. The molecule has 7 nitrogen and oxygen atoms in total. The Morgan fingerprint density at radius 1 is 1.35 bits per heavy atom. The molecule has 0 aromatic heterocycles. The van der Waals surface area contributed by atoms with Crippen LogP contribution in [0.25, 0.3) is 0 Å². The van der Waals surface area contributed by atoms with Crippen molar-refractivity contribution < 1.29 is 17.9 Å². The summed E-state index contributed by atoms with van der Waals surface area (Å²) in [5.41, 5.74) is 6.50. The predicted octanol–water partition coefficient (Wildman–Crippen LogP) is -0.0535. The molecule has 0 spiro atoms.